The van der Waals surface area contributed by atoms with Crippen LogP contribution in [0.5, 0.6) is 0 Å². The lowest BCUT2D eigenvalue weighted by molar-refractivity contribution is -0.137. The van der Waals surface area contributed by atoms with Gasteiger partial charge in [-0.1, -0.05) is 29.0 Å². The first-order chi connectivity index (χ1) is 11.9. The minimum absolute atomic E-state index is 0.0492. The summed E-state index contributed by atoms with van der Waals surface area (Å²) in [6.45, 7) is -0.549. The number of carbonyl (C=O) groups is 2. The summed E-state index contributed by atoms with van der Waals surface area (Å²) in [6.07, 6.45) is 0. The smallest absolute Gasteiger partial charge is 0.323 e. The van der Waals surface area contributed by atoms with Gasteiger partial charge in [0.15, 0.2) is 16.4 Å². The van der Waals surface area contributed by atoms with Crippen LogP contribution < -0.4 is 4.80 Å². The van der Waals surface area contributed by atoms with Crippen molar-refractivity contribution in [2.24, 2.45) is 4.99 Å². The minimum atomic E-state index is -1.21. The molecule has 3 aromatic rings. The summed E-state index contributed by atoms with van der Waals surface area (Å²) < 4.78 is 28.4. The number of carboxylic acids is 1. The molecule has 1 aromatic heterocycles. The molecule has 1 amide bonds. The van der Waals surface area contributed by atoms with Gasteiger partial charge in [-0.3, -0.25) is 9.59 Å². The number of rotatable bonds is 3. The molecule has 0 fully saturated rings. The Bertz CT molecular complexity index is 1070. The van der Waals surface area contributed by atoms with Crippen molar-refractivity contribution in [3.8, 4) is 0 Å². The van der Waals surface area contributed by atoms with Crippen molar-refractivity contribution < 1.29 is 23.5 Å². The maximum absolute atomic E-state index is 14.0. The summed E-state index contributed by atoms with van der Waals surface area (Å²) in [5, 5.41) is 9.39. The molecule has 3 rings (SSSR count). The Hall–Kier alpha value is -2.58. The first kappa shape index (κ1) is 17.2. The molecule has 0 aliphatic rings. The zero-order valence-electron chi connectivity index (χ0n) is 12.4. The lowest BCUT2D eigenvalue weighted by Crippen LogP contribution is -2.21. The van der Waals surface area contributed by atoms with Gasteiger partial charge in [-0.05, 0) is 30.3 Å². The average Bonchev–Trinajstić information content (AvgIpc) is 2.89. The number of thiazole rings is 1. The Morgan fingerprint density at radius 1 is 1.24 bits per heavy atom. The fourth-order valence-electron chi connectivity index (χ4n) is 2.23. The number of carboxylic acid groups (broad SMARTS) is 1. The fraction of sp³-hybridized carbons (Fsp3) is 0.0625. The van der Waals surface area contributed by atoms with Crippen LogP contribution in [0.25, 0.3) is 10.2 Å². The highest BCUT2D eigenvalue weighted by Crippen LogP contribution is 2.23. The van der Waals surface area contributed by atoms with E-state index < -0.39 is 30.1 Å². The van der Waals surface area contributed by atoms with Crippen LogP contribution in [-0.4, -0.2) is 21.6 Å². The molecule has 0 saturated carbocycles. The van der Waals surface area contributed by atoms with Gasteiger partial charge in [0.25, 0.3) is 5.91 Å². The second-order valence-electron chi connectivity index (χ2n) is 5.00. The van der Waals surface area contributed by atoms with Crippen molar-refractivity contribution in [1.29, 1.82) is 0 Å². The number of aliphatic carboxylic acids is 1. The molecule has 0 aliphatic carbocycles. The van der Waals surface area contributed by atoms with Gasteiger partial charge in [-0.25, -0.2) is 8.78 Å². The monoisotopic (exact) mass is 382 g/mol. The molecule has 25 heavy (non-hydrogen) atoms. The van der Waals surface area contributed by atoms with E-state index in [9.17, 15) is 18.4 Å². The zero-order chi connectivity index (χ0) is 18.1. The Morgan fingerprint density at radius 2 is 2.00 bits per heavy atom. The van der Waals surface area contributed by atoms with Crippen molar-refractivity contribution in [1.82, 2.24) is 4.57 Å². The molecule has 128 valence electrons. The van der Waals surface area contributed by atoms with Crippen LogP contribution in [0.4, 0.5) is 8.78 Å². The van der Waals surface area contributed by atoms with Crippen molar-refractivity contribution in [3.63, 3.8) is 0 Å². The second-order valence-corrected chi connectivity index (χ2v) is 6.42. The number of fused-ring (bicyclic) bond motifs is 1. The molecule has 0 saturated heterocycles. The molecule has 1 heterocycles. The van der Waals surface area contributed by atoms with Gasteiger partial charge in [0.05, 0.1) is 10.2 Å². The third-order valence-electron chi connectivity index (χ3n) is 3.31. The molecule has 5 nitrogen and oxygen atoms in total. The first-order valence-electron chi connectivity index (χ1n) is 6.90. The normalized spacial score (nSPS) is 11.9. The maximum atomic E-state index is 14.0. The van der Waals surface area contributed by atoms with E-state index in [-0.39, 0.29) is 20.6 Å². The van der Waals surface area contributed by atoms with Crippen LogP contribution in [0.1, 0.15) is 10.4 Å². The molecular formula is C16H9ClF2N2O3S. The Morgan fingerprint density at radius 3 is 2.68 bits per heavy atom. The largest absolute Gasteiger partial charge is 0.480 e. The molecule has 0 bridgehead atoms. The van der Waals surface area contributed by atoms with E-state index in [1.807, 2.05) is 0 Å². The summed E-state index contributed by atoms with van der Waals surface area (Å²) in [5.41, 5.74) is 0.336. The van der Waals surface area contributed by atoms with Crippen molar-refractivity contribution in [2.45, 2.75) is 6.54 Å². The van der Waals surface area contributed by atoms with Crippen LogP contribution in [-0.2, 0) is 11.3 Å². The van der Waals surface area contributed by atoms with Crippen molar-refractivity contribution in [2.75, 3.05) is 0 Å². The van der Waals surface area contributed by atoms with Crippen LogP contribution in [0.2, 0.25) is 5.02 Å². The number of hydrogen-bond acceptors (Lipinski definition) is 3. The van der Waals surface area contributed by atoms with Gasteiger partial charge in [-0.15, -0.1) is 0 Å². The molecule has 0 spiro atoms. The molecule has 0 aliphatic heterocycles. The van der Waals surface area contributed by atoms with Crippen molar-refractivity contribution in [3.05, 3.63) is 63.4 Å². The molecule has 0 atom stereocenters. The fourth-order valence-corrected chi connectivity index (χ4v) is 3.47. The van der Waals surface area contributed by atoms with Crippen LogP contribution >= 0.6 is 22.9 Å². The van der Waals surface area contributed by atoms with Crippen LogP contribution in [0, 0.1) is 11.6 Å². The van der Waals surface area contributed by atoms with Gasteiger partial charge in [0, 0.05) is 10.6 Å². The van der Waals surface area contributed by atoms with Crippen molar-refractivity contribution >= 4 is 45.0 Å². The summed E-state index contributed by atoms with van der Waals surface area (Å²) in [6, 6.07) is 8.19. The molecular weight excluding hydrogens is 374 g/mol. The number of amides is 1. The molecule has 0 unspecified atom stereocenters. The Labute approximate surface area is 148 Å². The highest BCUT2D eigenvalue weighted by molar-refractivity contribution is 7.16. The van der Waals surface area contributed by atoms with Crippen LogP contribution in [0.15, 0.2) is 41.4 Å². The third-order valence-corrected chi connectivity index (χ3v) is 4.63. The molecule has 1 N–H and O–H groups in total. The molecule has 9 heteroatoms. The third kappa shape index (κ3) is 3.45. The predicted octanol–water partition coefficient (Wildman–Crippen LogP) is 3.46. The average molecular weight is 383 g/mol. The summed E-state index contributed by atoms with van der Waals surface area (Å²) in [4.78, 5) is 27.2. The van der Waals surface area contributed by atoms with Crippen LogP contribution in [0.3, 0.4) is 0 Å². The van der Waals surface area contributed by atoms with Gasteiger partial charge in [0.2, 0.25) is 0 Å². The highest BCUT2D eigenvalue weighted by Gasteiger charge is 2.16. The van der Waals surface area contributed by atoms with E-state index in [2.05, 4.69) is 4.99 Å². The number of aromatic nitrogens is 1. The summed E-state index contributed by atoms with van der Waals surface area (Å²) in [5.74, 6) is -4.06. The number of halogens is 3. The molecule has 0 radical (unpaired) electrons. The van der Waals surface area contributed by atoms with E-state index in [4.69, 9.17) is 16.7 Å². The Kier molecular flexibility index (Phi) is 4.65. The predicted molar refractivity (Wildman–Crippen MR) is 88.7 cm³/mol. The van der Waals surface area contributed by atoms with Gasteiger partial charge in [-0.2, -0.15) is 4.99 Å². The van der Waals surface area contributed by atoms with Gasteiger partial charge < -0.3 is 9.67 Å². The standard InChI is InChI=1S/C16H9ClF2N2O3S/c17-9-3-1-2-8(6-9)15(24)20-16-21(7-12(22)23)11-5-4-10(18)13(19)14(11)25-16/h1-6H,7H2,(H,22,23)/b20-16-. The number of hydrogen-bond donors (Lipinski definition) is 1. The lowest BCUT2D eigenvalue weighted by Gasteiger charge is -2.01. The van der Waals surface area contributed by atoms with E-state index in [0.29, 0.717) is 16.4 Å². The minimum Gasteiger partial charge on any atom is -0.480 e. The number of carbonyl (C=O) groups excluding carboxylic acids is 1. The van der Waals surface area contributed by atoms with E-state index in [0.717, 1.165) is 10.6 Å². The number of benzene rings is 2. The zero-order valence-corrected chi connectivity index (χ0v) is 13.9. The first-order valence-corrected chi connectivity index (χ1v) is 8.10. The lowest BCUT2D eigenvalue weighted by atomic mass is 10.2. The van der Waals surface area contributed by atoms with Gasteiger partial charge >= 0.3 is 5.97 Å². The topological polar surface area (TPSA) is 71.7 Å². The maximum Gasteiger partial charge on any atom is 0.323 e. The van der Waals surface area contributed by atoms with E-state index >= 15 is 0 Å². The summed E-state index contributed by atoms with van der Waals surface area (Å²) >= 11 is 6.53. The second kappa shape index (κ2) is 6.73. The quantitative estimate of drug-likeness (QED) is 0.754. The summed E-state index contributed by atoms with van der Waals surface area (Å²) in [7, 11) is 0. The van der Waals surface area contributed by atoms with E-state index in [1.165, 1.54) is 18.2 Å². The SMILES string of the molecule is O=C(O)Cn1/c(=N/C(=O)c2cccc(Cl)c2)sc2c(F)c(F)ccc21. The Balaban J connectivity index is 2.22. The van der Waals surface area contributed by atoms with E-state index in [1.54, 1.807) is 12.1 Å². The molecule has 2 aromatic carbocycles. The highest BCUT2D eigenvalue weighted by atomic mass is 35.5. The number of nitrogens with zero attached hydrogens (tertiary/aromatic N) is 2. The van der Waals surface area contributed by atoms with Gasteiger partial charge in [0.1, 0.15) is 6.54 Å².